The zero-order chi connectivity index (χ0) is 21.6. The fraction of sp³-hybridized carbons (Fsp3) is 0.0870. The zero-order valence-electron chi connectivity index (χ0n) is 16.7. The Hall–Kier alpha value is -4.51. The van der Waals surface area contributed by atoms with Crippen LogP contribution in [0.4, 0.5) is 5.69 Å². The van der Waals surface area contributed by atoms with Crippen molar-refractivity contribution >= 4 is 5.69 Å². The van der Waals surface area contributed by atoms with Crippen LogP contribution >= 0.6 is 0 Å². The van der Waals surface area contributed by atoms with Gasteiger partial charge in [-0.25, -0.2) is 4.68 Å². The molecule has 0 radical (unpaired) electrons. The molecule has 1 aromatic heterocycles. The van der Waals surface area contributed by atoms with Crippen LogP contribution < -0.4 is 14.5 Å². The molecule has 0 saturated heterocycles. The highest BCUT2D eigenvalue weighted by Gasteiger charge is 2.16. The van der Waals surface area contributed by atoms with Gasteiger partial charge in [0.15, 0.2) is 0 Å². The number of nitrogens with zero attached hydrogens (tertiary/aromatic N) is 5. The zero-order valence-corrected chi connectivity index (χ0v) is 16.7. The number of hydrogen-bond donors (Lipinski definition) is 1. The van der Waals surface area contributed by atoms with Crippen LogP contribution in [0.25, 0.3) is 0 Å². The third-order valence-electron chi connectivity index (χ3n) is 4.62. The van der Waals surface area contributed by atoms with Crippen molar-refractivity contribution in [2.45, 2.75) is 6.54 Å². The van der Waals surface area contributed by atoms with E-state index in [4.69, 9.17) is 9.47 Å². The van der Waals surface area contributed by atoms with Crippen LogP contribution in [0.15, 0.2) is 79.4 Å². The second kappa shape index (κ2) is 8.88. The largest absolute Gasteiger partial charge is 0.508 e. The number of ether oxygens (including phenoxy) is 2. The van der Waals surface area contributed by atoms with Gasteiger partial charge in [-0.05, 0) is 54.1 Å². The predicted molar refractivity (Wildman–Crippen MR) is 114 cm³/mol. The predicted octanol–water partition coefficient (Wildman–Crippen LogP) is 4.13. The van der Waals surface area contributed by atoms with Crippen molar-refractivity contribution in [1.82, 2.24) is 14.9 Å². The highest BCUT2D eigenvalue weighted by molar-refractivity contribution is 5.62. The van der Waals surface area contributed by atoms with E-state index in [9.17, 15) is 10.4 Å². The number of benzene rings is 3. The first kappa shape index (κ1) is 19.8. The van der Waals surface area contributed by atoms with Crippen LogP contribution in [0.3, 0.4) is 0 Å². The molecule has 0 aliphatic heterocycles. The second-order valence-electron chi connectivity index (χ2n) is 6.63. The van der Waals surface area contributed by atoms with E-state index in [1.54, 1.807) is 54.8 Å². The molecule has 8 heteroatoms. The maximum Gasteiger partial charge on any atom is 0.139 e. The molecule has 4 rings (SSSR count). The molecule has 0 atom stereocenters. The number of aromatic nitrogens is 3. The van der Waals surface area contributed by atoms with Crippen LogP contribution in [0, 0.1) is 11.3 Å². The Labute approximate surface area is 179 Å². The van der Waals surface area contributed by atoms with Gasteiger partial charge in [0.1, 0.15) is 41.7 Å². The minimum Gasteiger partial charge on any atom is -0.508 e. The molecule has 0 amide bonds. The van der Waals surface area contributed by atoms with E-state index in [-0.39, 0.29) is 5.75 Å². The van der Waals surface area contributed by atoms with Crippen molar-refractivity contribution in [2.24, 2.45) is 0 Å². The first-order valence-electron chi connectivity index (χ1n) is 9.42. The molecule has 0 fully saturated rings. The SMILES string of the molecule is COc1ccc(Oc2ccc(C#N)c(N(Cc3ccc(O)cc3)n3cnnc3)c2)cc1. The molecule has 0 aliphatic carbocycles. The number of phenols is 1. The van der Waals surface area contributed by atoms with E-state index < -0.39 is 0 Å². The van der Waals surface area contributed by atoms with Gasteiger partial charge in [-0.15, -0.1) is 10.2 Å². The van der Waals surface area contributed by atoms with Gasteiger partial charge in [-0.2, -0.15) is 5.26 Å². The molecule has 3 aromatic carbocycles. The number of phenolic OH excluding ortho intramolecular Hbond substituents is 1. The van der Waals surface area contributed by atoms with Gasteiger partial charge in [0.2, 0.25) is 0 Å². The first-order chi connectivity index (χ1) is 15.2. The molecule has 1 N–H and O–H groups in total. The number of rotatable bonds is 7. The molecule has 0 unspecified atom stereocenters. The standard InChI is InChI=1S/C23H19N5O3/c1-30-20-8-10-21(11-9-20)31-22-7-4-18(13-24)23(12-22)28(27-15-25-26-16-27)14-17-2-5-19(29)6-3-17/h2-12,15-16,29H,14H2,1H3. The third-order valence-corrected chi connectivity index (χ3v) is 4.62. The van der Waals surface area contributed by atoms with Crippen molar-refractivity contribution in [3.63, 3.8) is 0 Å². The highest BCUT2D eigenvalue weighted by atomic mass is 16.5. The summed E-state index contributed by atoms with van der Waals surface area (Å²) in [6.45, 7) is 0.416. The molecule has 0 bridgehead atoms. The minimum absolute atomic E-state index is 0.187. The van der Waals surface area contributed by atoms with Crippen molar-refractivity contribution < 1.29 is 14.6 Å². The Morgan fingerprint density at radius 3 is 2.23 bits per heavy atom. The summed E-state index contributed by atoms with van der Waals surface area (Å²) in [6, 6.07) is 21.6. The lowest BCUT2D eigenvalue weighted by atomic mass is 10.1. The first-order valence-corrected chi connectivity index (χ1v) is 9.42. The van der Waals surface area contributed by atoms with E-state index in [0.29, 0.717) is 29.3 Å². The fourth-order valence-electron chi connectivity index (χ4n) is 3.05. The maximum atomic E-state index is 9.70. The van der Waals surface area contributed by atoms with Crippen LogP contribution in [-0.4, -0.2) is 27.1 Å². The second-order valence-corrected chi connectivity index (χ2v) is 6.63. The Kier molecular flexibility index (Phi) is 5.67. The molecule has 0 aliphatic rings. The number of nitriles is 1. The molecule has 4 aromatic rings. The van der Waals surface area contributed by atoms with Crippen molar-refractivity contribution in [1.29, 1.82) is 5.26 Å². The van der Waals surface area contributed by atoms with E-state index in [1.807, 2.05) is 41.4 Å². The van der Waals surface area contributed by atoms with Gasteiger partial charge in [-0.1, -0.05) is 12.1 Å². The quantitative estimate of drug-likeness (QED) is 0.487. The third kappa shape index (κ3) is 4.57. The van der Waals surface area contributed by atoms with Gasteiger partial charge >= 0.3 is 0 Å². The van der Waals surface area contributed by atoms with Gasteiger partial charge in [-0.3, -0.25) is 5.01 Å². The lowest BCUT2D eigenvalue weighted by Gasteiger charge is -2.26. The average molecular weight is 413 g/mol. The summed E-state index contributed by atoms with van der Waals surface area (Å²) >= 11 is 0. The maximum absolute atomic E-state index is 9.70. The molecule has 1 heterocycles. The van der Waals surface area contributed by atoms with Crippen LogP contribution in [-0.2, 0) is 6.54 Å². The van der Waals surface area contributed by atoms with Crippen LogP contribution in [0.2, 0.25) is 0 Å². The Morgan fingerprint density at radius 1 is 0.935 bits per heavy atom. The minimum atomic E-state index is 0.187. The molecule has 8 nitrogen and oxygen atoms in total. The summed E-state index contributed by atoms with van der Waals surface area (Å²) in [5, 5.41) is 28.9. The lowest BCUT2D eigenvalue weighted by molar-refractivity contribution is 0.413. The lowest BCUT2D eigenvalue weighted by Crippen LogP contribution is -2.28. The van der Waals surface area contributed by atoms with E-state index >= 15 is 0 Å². The highest BCUT2D eigenvalue weighted by Crippen LogP contribution is 2.31. The summed E-state index contributed by atoms with van der Waals surface area (Å²) in [4.78, 5) is 0. The number of anilines is 1. The molecule has 31 heavy (non-hydrogen) atoms. The van der Waals surface area contributed by atoms with Crippen LogP contribution in [0.1, 0.15) is 11.1 Å². The fourth-order valence-corrected chi connectivity index (χ4v) is 3.05. The molecule has 0 spiro atoms. The summed E-state index contributed by atoms with van der Waals surface area (Å²) in [5.41, 5.74) is 2.02. The van der Waals surface area contributed by atoms with Gasteiger partial charge < -0.3 is 14.6 Å². The van der Waals surface area contributed by atoms with Crippen molar-refractivity contribution in [3.05, 3.63) is 90.5 Å². The Balaban J connectivity index is 1.70. The average Bonchev–Trinajstić information content (AvgIpc) is 3.34. The summed E-state index contributed by atoms with van der Waals surface area (Å²) in [5.74, 6) is 2.14. The van der Waals surface area contributed by atoms with Crippen LogP contribution in [0.5, 0.6) is 23.0 Å². The van der Waals surface area contributed by atoms with Gasteiger partial charge in [0.05, 0.1) is 24.9 Å². The van der Waals surface area contributed by atoms with Crippen molar-refractivity contribution in [2.75, 3.05) is 12.1 Å². The number of hydrogen-bond acceptors (Lipinski definition) is 7. The molecule has 0 saturated carbocycles. The van der Waals surface area contributed by atoms with E-state index in [2.05, 4.69) is 16.3 Å². The normalized spacial score (nSPS) is 10.3. The van der Waals surface area contributed by atoms with Crippen molar-refractivity contribution in [3.8, 4) is 29.1 Å². The Morgan fingerprint density at radius 2 is 1.58 bits per heavy atom. The van der Waals surface area contributed by atoms with E-state index in [0.717, 1.165) is 11.3 Å². The molecular weight excluding hydrogens is 394 g/mol. The number of methoxy groups -OCH3 is 1. The summed E-state index contributed by atoms with van der Waals surface area (Å²) < 4.78 is 12.9. The molecular formula is C23H19N5O3. The molecule has 154 valence electrons. The summed E-state index contributed by atoms with van der Waals surface area (Å²) in [7, 11) is 1.61. The van der Waals surface area contributed by atoms with Gasteiger partial charge in [0, 0.05) is 6.07 Å². The summed E-state index contributed by atoms with van der Waals surface area (Å²) in [6.07, 6.45) is 3.11. The van der Waals surface area contributed by atoms with Gasteiger partial charge in [0.25, 0.3) is 0 Å². The topological polar surface area (TPSA) is 96.4 Å². The number of aromatic hydroxyl groups is 1. The monoisotopic (exact) mass is 413 g/mol. The Bertz CT molecular complexity index is 1180. The smallest absolute Gasteiger partial charge is 0.139 e. The van der Waals surface area contributed by atoms with E-state index in [1.165, 1.54) is 0 Å².